The minimum atomic E-state index is -4.96. The van der Waals surface area contributed by atoms with E-state index in [9.17, 15) is 43.2 Å². The highest BCUT2D eigenvalue weighted by Crippen LogP contribution is 2.45. The van der Waals surface area contributed by atoms with E-state index in [1.807, 2.05) is 0 Å². The summed E-state index contributed by atoms with van der Waals surface area (Å²) in [5.74, 6) is 0.0718. The lowest BCUT2D eigenvalue weighted by atomic mass is 10.0. The van der Waals surface area contributed by atoms with Crippen molar-refractivity contribution in [2.24, 2.45) is 17.8 Å². The molecule has 2 unspecified atom stereocenters. The number of carbonyl (C=O) groups excluding carboxylic acids is 4. The van der Waals surface area contributed by atoms with E-state index >= 15 is 0 Å². The van der Waals surface area contributed by atoms with Crippen molar-refractivity contribution >= 4 is 39.5 Å². The van der Waals surface area contributed by atoms with E-state index in [0.717, 1.165) is 102 Å². The van der Waals surface area contributed by atoms with Crippen LogP contribution in [0.4, 0.5) is 0 Å². The summed E-state index contributed by atoms with van der Waals surface area (Å²) in [6.07, 6.45) is 51.7. The molecule has 0 amide bonds. The molecule has 0 saturated carbocycles. The van der Waals surface area contributed by atoms with Gasteiger partial charge in [-0.15, -0.1) is 0 Å². The van der Waals surface area contributed by atoms with Crippen LogP contribution in [-0.2, 0) is 65.4 Å². The molecule has 0 aromatic carbocycles. The predicted octanol–water partition coefficient (Wildman–Crippen LogP) is 21.8. The van der Waals surface area contributed by atoms with Crippen LogP contribution in [0.5, 0.6) is 0 Å². The second-order valence-electron chi connectivity index (χ2n) is 28.5. The zero-order valence-corrected chi connectivity index (χ0v) is 63.2. The number of esters is 4. The van der Waals surface area contributed by atoms with Gasteiger partial charge in [0.2, 0.25) is 0 Å². The first kappa shape index (κ1) is 92.1. The Labute approximate surface area is 575 Å². The summed E-state index contributed by atoms with van der Waals surface area (Å²) < 4.78 is 68.4. The quantitative estimate of drug-likeness (QED) is 0.0222. The summed E-state index contributed by atoms with van der Waals surface area (Å²) in [5.41, 5.74) is 0. The number of aliphatic hydroxyl groups excluding tert-OH is 1. The lowest BCUT2D eigenvalue weighted by molar-refractivity contribution is -0.161. The van der Waals surface area contributed by atoms with Crippen molar-refractivity contribution in [3.63, 3.8) is 0 Å². The Morgan fingerprint density at radius 1 is 0.287 bits per heavy atom. The van der Waals surface area contributed by atoms with E-state index in [1.165, 1.54) is 186 Å². The molecule has 0 aromatic heterocycles. The second-order valence-corrected chi connectivity index (χ2v) is 31.4. The molecule has 0 heterocycles. The SMILES string of the molecule is CCCCCCCCCCCCCCCCC(=O)OC[C@H](COP(=O)(O)OC[C@@H](O)COP(=O)(O)OC[C@@H](COC(=O)CCCCCCCCC(C)C)OC(=O)CCCCCCCCCC(C)C)OC(=O)CCCCCCCCCCCCCCCCCCCCC(C)C. The van der Waals surface area contributed by atoms with Gasteiger partial charge in [-0.05, 0) is 43.4 Å². The fourth-order valence-corrected chi connectivity index (χ4v) is 13.0. The van der Waals surface area contributed by atoms with Crippen LogP contribution in [0.1, 0.15) is 382 Å². The van der Waals surface area contributed by atoms with Crippen molar-refractivity contribution < 1.29 is 80.2 Å². The number of hydrogen-bond acceptors (Lipinski definition) is 15. The molecule has 3 N–H and O–H groups in total. The van der Waals surface area contributed by atoms with E-state index in [-0.39, 0.29) is 25.7 Å². The molecular formula is C75H146O17P2. The van der Waals surface area contributed by atoms with Crippen LogP contribution < -0.4 is 0 Å². The van der Waals surface area contributed by atoms with Crippen molar-refractivity contribution in [3.05, 3.63) is 0 Å². The first-order valence-electron chi connectivity index (χ1n) is 38.8. The van der Waals surface area contributed by atoms with Crippen molar-refractivity contribution in [1.29, 1.82) is 0 Å². The van der Waals surface area contributed by atoms with E-state index in [2.05, 4.69) is 48.5 Å². The van der Waals surface area contributed by atoms with Gasteiger partial charge >= 0.3 is 39.5 Å². The highest BCUT2D eigenvalue weighted by atomic mass is 31.2. The summed E-state index contributed by atoms with van der Waals surface area (Å²) in [4.78, 5) is 72.6. The Morgan fingerprint density at radius 2 is 0.489 bits per heavy atom. The molecule has 0 aliphatic heterocycles. The van der Waals surface area contributed by atoms with E-state index < -0.39 is 97.5 Å². The fourth-order valence-electron chi connectivity index (χ4n) is 11.4. The smallest absolute Gasteiger partial charge is 0.462 e. The normalized spacial score (nSPS) is 14.1. The van der Waals surface area contributed by atoms with Crippen molar-refractivity contribution in [3.8, 4) is 0 Å². The lowest BCUT2D eigenvalue weighted by Crippen LogP contribution is -2.30. The van der Waals surface area contributed by atoms with Gasteiger partial charge in [-0.1, -0.05) is 331 Å². The average Bonchev–Trinajstić information content (AvgIpc) is 1.36. The van der Waals surface area contributed by atoms with Gasteiger partial charge in [-0.2, -0.15) is 0 Å². The molecule has 0 saturated heterocycles. The molecule has 17 nitrogen and oxygen atoms in total. The van der Waals surface area contributed by atoms with Crippen LogP contribution in [0.2, 0.25) is 0 Å². The summed E-state index contributed by atoms with van der Waals surface area (Å²) >= 11 is 0. The average molecular weight is 1380 g/mol. The van der Waals surface area contributed by atoms with Crippen LogP contribution in [0.3, 0.4) is 0 Å². The highest BCUT2D eigenvalue weighted by molar-refractivity contribution is 7.47. The standard InChI is InChI=1S/C75H146O17P2/c1-8-9-10-11-12-13-14-15-23-26-29-34-42-49-56-72(77)85-62-70(91-74(79)58-51-44-35-30-27-24-21-19-17-16-18-20-22-25-28-32-39-46-53-66(2)3)64-89-93(81,82)87-60-69(76)61-88-94(83,84)90-65-71(63-86-73(78)57-50-43-38-37-41-48-55-68(6)7)92-75(80)59-52-45-36-31-33-40-47-54-67(4)5/h66-71,76H,8-65H2,1-7H3,(H,81,82)(H,83,84)/t69-,70-,71-/m1/s1. The molecule has 0 aliphatic carbocycles. The third kappa shape index (κ3) is 68.6. The maximum atomic E-state index is 13.1. The first-order valence-corrected chi connectivity index (χ1v) is 41.8. The van der Waals surface area contributed by atoms with Crippen molar-refractivity contribution in [2.45, 2.75) is 401 Å². The summed E-state index contributed by atoms with van der Waals surface area (Å²) in [7, 11) is -9.91. The van der Waals surface area contributed by atoms with Gasteiger partial charge in [0.15, 0.2) is 12.2 Å². The highest BCUT2D eigenvalue weighted by Gasteiger charge is 2.30. The number of hydrogen-bond donors (Lipinski definition) is 3. The Bertz CT molecular complexity index is 1840. The van der Waals surface area contributed by atoms with Gasteiger partial charge in [0.1, 0.15) is 19.3 Å². The molecule has 0 spiro atoms. The van der Waals surface area contributed by atoms with Crippen molar-refractivity contribution in [2.75, 3.05) is 39.6 Å². The number of aliphatic hydroxyl groups is 1. The number of carbonyl (C=O) groups is 4. The molecule has 0 rings (SSSR count). The first-order chi connectivity index (χ1) is 45.2. The minimum absolute atomic E-state index is 0.102. The molecule has 0 aromatic rings. The molecule has 0 bridgehead atoms. The molecule has 19 heteroatoms. The molecule has 0 fully saturated rings. The predicted molar refractivity (Wildman–Crippen MR) is 381 cm³/mol. The number of phosphoric ester groups is 2. The lowest BCUT2D eigenvalue weighted by Gasteiger charge is -2.21. The minimum Gasteiger partial charge on any atom is -0.462 e. The Kier molecular flexibility index (Phi) is 64.3. The number of rotatable bonds is 73. The summed E-state index contributed by atoms with van der Waals surface area (Å²) in [6.45, 7) is 11.8. The van der Waals surface area contributed by atoms with Crippen LogP contribution in [-0.4, -0.2) is 96.7 Å². The largest absolute Gasteiger partial charge is 0.472 e. The molecule has 0 radical (unpaired) electrons. The molecule has 5 atom stereocenters. The van der Waals surface area contributed by atoms with Gasteiger partial charge in [-0.3, -0.25) is 37.3 Å². The molecule has 558 valence electrons. The summed E-state index contributed by atoms with van der Waals surface area (Å²) in [5, 5.41) is 10.6. The molecule has 94 heavy (non-hydrogen) atoms. The van der Waals surface area contributed by atoms with E-state index in [1.54, 1.807) is 0 Å². The number of ether oxygens (including phenoxy) is 4. The zero-order valence-electron chi connectivity index (χ0n) is 61.4. The van der Waals surface area contributed by atoms with Crippen LogP contribution in [0.25, 0.3) is 0 Å². The van der Waals surface area contributed by atoms with Gasteiger partial charge in [-0.25, -0.2) is 9.13 Å². The van der Waals surface area contributed by atoms with E-state index in [4.69, 9.17) is 37.0 Å². The second kappa shape index (κ2) is 65.7. The van der Waals surface area contributed by atoms with Gasteiger partial charge in [0.05, 0.1) is 26.4 Å². The van der Waals surface area contributed by atoms with Gasteiger partial charge in [0, 0.05) is 25.7 Å². The van der Waals surface area contributed by atoms with Gasteiger partial charge < -0.3 is 33.8 Å². The Hall–Kier alpha value is -1.94. The third-order valence-electron chi connectivity index (χ3n) is 17.4. The fraction of sp³-hybridized carbons (Fsp3) is 0.947. The monoisotopic (exact) mass is 1380 g/mol. The van der Waals surface area contributed by atoms with Crippen LogP contribution in [0, 0.1) is 17.8 Å². The van der Waals surface area contributed by atoms with Crippen LogP contribution >= 0.6 is 15.6 Å². The maximum absolute atomic E-state index is 13.1. The number of phosphoric acid groups is 2. The van der Waals surface area contributed by atoms with Crippen LogP contribution in [0.15, 0.2) is 0 Å². The zero-order chi connectivity index (χ0) is 69.4. The van der Waals surface area contributed by atoms with E-state index in [0.29, 0.717) is 37.5 Å². The topological polar surface area (TPSA) is 237 Å². The Balaban J connectivity index is 5.18. The maximum Gasteiger partial charge on any atom is 0.472 e. The molecular weight excluding hydrogens is 1230 g/mol. The molecule has 0 aliphatic rings. The van der Waals surface area contributed by atoms with Crippen molar-refractivity contribution in [1.82, 2.24) is 0 Å². The van der Waals surface area contributed by atoms with Gasteiger partial charge in [0.25, 0.3) is 0 Å². The summed E-state index contributed by atoms with van der Waals surface area (Å²) in [6, 6.07) is 0. The third-order valence-corrected chi connectivity index (χ3v) is 19.3. The number of unbranched alkanes of at least 4 members (excludes halogenated alkanes) is 41. The Morgan fingerprint density at radius 3 is 0.723 bits per heavy atom.